The Labute approximate surface area is 151 Å². The molecule has 1 aliphatic heterocycles. The number of ether oxygens (including phenoxy) is 1. The highest BCUT2D eigenvalue weighted by molar-refractivity contribution is 7.80. The fraction of sp³-hybridized carbons (Fsp3) is 0.294. The van der Waals surface area contributed by atoms with E-state index in [1.54, 1.807) is 36.4 Å². The smallest absolute Gasteiger partial charge is 0.276 e. The van der Waals surface area contributed by atoms with Gasteiger partial charge in [-0.3, -0.25) is 19.8 Å². The van der Waals surface area contributed by atoms with E-state index in [-0.39, 0.29) is 11.6 Å². The first-order valence-corrected chi connectivity index (χ1v) is 8.27. The second-order valence-electron chi connectivity index (χ2n) is 5.19. The number of nitrogens with one attached hydrogen (secondary N) is 1. The third-order valence-electron chi connectivity index (χ3n) is 3.51. The Balaban J connectivity index is 2.03. The van der Waals surface area contributed by atoms with E-state index in [4.69, 9.17) is 17.0 Å². The van der Waals surface area contributed by atoms with Crippen LogP contribution >= 0.6 is 12.2 Å². The molecule has 0 aromatic heterocycles. The molecule has 8 heteroatoms. The van der Waals surface area contributed by atoms with Crippen LogP contribution in [0.1, 0.15) is 18.9 Å². The molecule has 1 aromatic carbocycles. The molecule has 1 saturated heterocycles. The minimum absolute atomic E-state index is 0.0101. The standard InChI is InChI=1S/C17H19N3O4S/c1-2-24-12-6-11-19-16(21)14(18-17(19)25)9-5-8-13-7-3-4-10-15(13)20(22)23/h3-5,7-10H,2,6,11-12H2,1H3,(H,18,25)/b8-5+,14-9+. The number of allylic oxidation sites excluding steroid dienone is 2. The van der Waals surface area contributed by atoms with E-state index in [2.05, 4.69) is 5.32 Å². The highest BCUT2D eigenvalue weighted by atomic mass is 32.1. The van der Waals surface area contributed by atoms with E-state index in [1.165, 1.54) is 11.0 Å². The molecule has 0 aliphatic carbocycles. The largest absolute Gasteiger partial charge is 0.382 e. The van der Waals surface area contributed by atoms with Gasteiger partial charge < -0.3 is 10.1 Å². The van der Waals surface area contributed by atoms with Gasteiger partial charge in [0.2, 0.25) is 0 Å². The Hall–Kier alpha value is -2.58. The van der Waals surface area contributed by atoms with Gasteiger partial charge in [0, 0.05) is 25.8 Å². The van der Waals surface area contributed by atoms with Gasteiger partial charge in [-0.25, -0.2) is 0 Å². The molecular formula is C17H19N3O4S. The van der Waals surface area contributed by atoms with Crippen LogP contribution in [-0.4, -0.2) is 40.6 Å². The topological polar surface area (TPSA) is 84.7 Å². The molecule has 2 rings (SSSR count). The third-order valence-corrected chi connectivity index (χ3v) is 3.83. The maximum Gasteiger partial charge on any atom is 0.276 e. The van der Waals surface area contributed by atoms with Crippen LogP contribution in [0.15, 0.2) is 42.1 Å². The van der Waals surface area contributed by atoms with Gasteiger partial charge in [-0.15, -0.1) is 0 Å². The van der Waals surface area contributed by atoms with Crippen molar-refractivity contribution in [1.82, 2.24) is 10.2 Å². The van der Waals surface area contributed by atoms with Crippen molar-refractivity contribution in [2.24, 2.45) is 0 Å². The van der Waals surface area contributed by atoms with Crippen molar-refractivity contribution in [3.8, 4) is 0 Å². The maximum atomic E-state index is 12.3. The summed E-state index contributed by atoms with van der Waals surface area (Å²) in [5, 5.41) is 14.2. The number of nitro groups is 1. The summed E-state index contributed by atoms with van der Waals surface area (Å²) in [5.41, 5.74) is 0.818. The summed E-state index contributed by atoms with van der Waals surface area (Å²) < 4.78 is 5.25. The number of hydrogen-bond donors (Lipinski definition) is 1. The van der Waals surface area contributed by atoms with Crippen molar-refractivity contribution >= 4 is 35.0 Å². The second-order valence-corrected chi connectivity index (χ2v) is 5.58. The Morgan fingerprint density at radius 2 is 2.16 bits per heavy atom. The number of nitrogens with zero attached hydrogens (tertiary/aromatic N) is 2. The quantitative estimate of drug-likeness (QED) is 0.252. The molecule has 132 valence electrons. The van der Waals surface area contributed by atoms with Crippen LogP contribution in [0.2, 0.25) is 0 Å². The Bertz CT molecular complexity index is 730. The van der Waals surface area contributed by atoms with Gasteiger partial charge in [0.05, 0.1) is 10.5 Å². The van der Waals surface area contributed by atoms with Crippen molar-refractivity contribution in [2.75, 3.05) is 19.8 Å². The lowest BCUT2D eigenvalue weighted by Gasteiger charge is -2.13. The fourth-order valence-corrected chi connectivity index (χ4v) is 2.59. The van der Waals surface area contributed by atoms with Crippen molar-refractivity contribution in [2.45, 2.75) is 13.3 Å². The average molecular weight is 361 g/mol. The first-order valence-electron chi connectivity index (χ1n) is 7.87. The van der Waals surface area contributed by atoms with Crippen LogP contribution in [0, 0.1) is 10.1 Å². The molecule has 0 atom stereocenters. The summed E-state index contributed by atoms with van der Waals surface area (Å²) in [5.74, 6) is -0.214. The number of benzene rings is 1. The van der Waals surface area contributed by atoms with E-state index in [9.17, 15) is 14.9 Å². The van der Waals surface area contributed by atoms with Crippen molar-refractivity contribution in [1.29, 1.82) is 0 Å². The first kappa shape index (κ1) is 18.8. The van der Waals surface area contributed by atoms with E-state index in [0.717, 1.165) is 0 Å². The van der Waals surface area contributed by atoms with Crippen LogP contribution in [0.25, 0.3) is 6.08 Å². The number of hydrogen-bond acceptors (Lipinski definition) is 5. The highest BCUT2D eigenvalue weighted by Gasteiger charge is 2.29. The molecule has 1 aliphatic rings. The lowest BCUT2D eigenvalue weighted by Crippen LogP contribution is -2.32. The van der Waals surface area contributed by atoms with E-state index < -0.39 is 4.92 Å². The summed E-state index contributed by atoms with van der Waals surface area (Å²) in [7, 11) is 0. The maximum absolute atomic E-state index is 12.3. The Morgan fingerprint density at radius 1 is 1.40 bits per heavy atom. The van der Waals surface area contributed by atoms with Gasteiger partial charge in [0.15, 0.2) is 5.11 Å². The lowest BCUT2D eigenvalue weighted by atomic mass is 10.1. The van der Waals surface area contributed by atoms with Crippen LogP contribution in [0.5, 0.6) is 0 Å². The molecular weight excluding hydrogens is 342 g/mol. The van der Waals surface area contributed by atoms with Crippen molar-refractivity contribution in [3.63, 3.8) is 0 Å². The molecule has 1 amide bonds. The van der Waals surface area contributed by atoms with E-state index in [0.29, 0.717) is 42.6 Å². The van der Waals surface area contributed by atoms with Crippen molar-refractivity contribution in [3.05, 3.63) is 57.8 Å². The summed E-state index contributed by atoms with van der Waals surface area (Å²) in [6.45, 7) is 3.60. The fourth-order valence-electron chi connectivity index (χ4n) is 2.30. The second kappa shape index (κ2) is 9.05. The summed E-state index contributed by atoms with van der Waals surface area (Å²) in [4.78, 5) is 24.3. The zero-order valence-electron chi connectivity index (χ0n) is 13.8. The molecule has 0 saturated carbocycles. The minimum Gasteiger partial charge on any atom is -0.382 e. The van der Waals surface area contributed by atoms with Crippen LogP contribution in [0.4, 0.5) is 5.69 Å². The zero-order valence-corrected chi connectivity index (χ0v) is 14.6. The van der Waals surface area contributed by atoms with Gasteiger partial charge in [-0.1, -0.05) is 18.2 Å². The summed E-state index contributed by atoms with van der Waals surface area (Å²) in [6.07, 6.45) is 5.43. The van der Waals surface area contributed by atoms with Gasteiger partial charge >= 0.3 is 0 Å². The van der Waals surface area contributed by atoms with E-state index >= 15 is 0 Å². The van der Waals surface area contributed by atoms with Gasteiger partial charge in [-0.2, -0.15) is 0 Å². The van der Waals surface area contributed by atoms with Crippen molar-refractivity contribution < 1.29 is 14.5 Å². The normalized spacial score (nSPS) is 16.0. The number of nitro benzene ring substituents is 1. The van der Waals surface area contributed by atoms with Gasteiger partial charge in [0.25, 0.3) is 11.6 Å². The number of carbonyl (C=O) groups is 1. The Morgan fingerprint density at radius 3 is 2.88 bits per heavy atom. The molecule has 7 nitrogen and oxygen atoms in total. The molecule has 1 aromatic rings. The monoisotopic (exact) mass is 361 g/mol. The molecule has 25 heavy (non-hydrogen) atoms. The van der Waals surface area contributed by atoms with Gasteiger partial charge in [-0.05, 0) is 43.8 Å². The molecule has 1 N–H and O–H groups in total. The van der Waals surface area contributed by atoms with Crippen LogP contribution < -0.4 is 5.32 Å². The molecule has 1 heterocycles. The van der Waals surface area contributed by atoms with Crippen LogP contribution in [0.3, 0.4) is 0 Å². The predicted molar refractivity (Wildman–Crippen MR) is 98.8 cm³/mol. The van der Waals surface area contributed by atoms with Gasteiger partial charge in [0.1, 0.15) is 5.70 Å². The number of para-hydroxylation sites is 1. The number of thiocarbonyl (C=S) groups is 1. The molecule has 0 radical (unpaired) electrons. The highest BCUT2D eigenvalue weighted by Crippen LogP contribution is 2.19. The van der Waals surface area contributed by atoms with Crippen LogP contribution in [-0.2, 0) is 9.53 Å². The number of rotatable bonds is 8. The number of amides is 1. The summed E-state index contributed by atoms with van der Waals surface area (Å²) >= 11 is 5.17. The first-order chi connectivity index (χ1) is 12.0. The zero-order chi connectivity index (χ0) is 18.2. The van der Waals surface area contributed by atoms with E-state index in [1.807, 2.05) is 6.92 Å². The molecule has 0 unspecified atom stereocenters. The predicted octanol–water partition coefficient (Wildman–Crippen LogP) is 2.64. The third kappa shape index (κ3) is 4.94. The number of carbonyl (C=O) groups excluding carboxylic acids is 1. The average Bonchev–Trinajstić information content (AvgIpc) is 2.86. The lowest BCUT2D eigenvalue weighted by molar-refractivity contribution is -0.385. The molecule has 1 fully saturated rings. The summed E-state index contributed by atoms with van der Waals surface area (Å²) in [6, 6.07) is 6.39. The Kier molecular flexibility index (Phi) is 6.79. The minimum atomic E-state index is -0.443. The SMILES string of the molecule is CCOCCCN1C(=O)/C(=C\C=C\c2ccccc2[N+](=O)[O-])NC1=S. The molecule has 0 bridgehead atoms. The molecule has 0 spiro atoms.